The Morgan fingerprint density at radius 3 is 2.90 bits per heavy atom. The quantitative estimate of drug-likeness (QED) is 0.823. The summed E-state index contributed by atoms with van der Waals surface area (Å²) in [6, 6.07) is 3.46. The molecule has 1 aromatic rings. The van der Waals surface area contributed by atoms with Crippen molar-refractivity contribution in [1.29, 1.82) is 0 Å². The van der Waals surface area contributed by atoms with Gasteiger partial charge in [-0.2, -0.15) is 4.31 Å². The molecule has 20 heavy (non-hydrogen) atoms. The number of thiophene rings is 1. The maximum Gasteiger partial charge on any atom is 0.252 e. The second-order valence-electron chi connectivity index (χ2n) is 5.64. The summed E-state index contributed by atoms with van der Waals surface area (Å²) in [6.45, 7) is 3.27. The Hall–Kier alpha value is -0.470. The summed E-state index contributed by atoms with van der Waals surface area (Å²) in [5.41, 5.74) is -0.324. The molecule has 0 saturated carbocycles. The second kappa shape index (κ2) is 5.38. The van der Waals surface area contributed by atoms with E-state index in [2.05, 4.69) is 11.9 Å². The maximum atomic E-state index is 12.6. The SMILES string of the molecule is CN1CCCC2(C1)CN(S(=O)(=O)c1cccs1)CCO2. The molecule has 0 amide bonds. The van der Waals surface area contributed by atoms with Gasteiger partial charge < -0.3 is 9.64 Å². The molecule has 5 nitrogen and oxygen atoms in total. The molecule has 112 valence electrons. The number of nitrogens with zero attached hydrogens (tertiary/aromatic N) is 2. The molecule has 0 radical (unpaired) electrons. The van der Waals surface area contributed by atoms with Crippen molar-refractivity contribution in [2.24, 2.45) is 0 Å². The minimum atomic E-state index is -3.36. The lowest BCUT2D eigenvalue weighted by molar-refractivity contribution is -0.120. The summed E-state index contributed by atoms with van der Waals surface area (Å²) >= 11 is 1.28. The molecule has 3 rings (SSSR count). The van der Waals surface area contributed by atoms with Gasteiger partial charge in [-0.25, -0.2) is 8.42 Å². The number of hydrogen-bond donors (Lipinski definition) is 0. The first kappa shape index (κ1) is 14.5. The zero-order valence-electron chi connectivity index (χ0n) is 11.6. The first-order chi connectivity index (χ1) is 9.52. The fourth-order valence-electron chi connectivity index (χ4n) is 3.12. The van der Waals surface area contributed by atoms with Crippen LogP contribution in [-0.2, 0) is 14.8 Å². The first-order valence-corrected chi connectivity index (χ1v) is 9.20. The molecule has 7 heteroatoms. The molecule has 1 atom stereocenters. The van der Waals surface area contributed by atoms with E-state index >= 15 is 0 Å². The van der Waals surface area contributed by atoms with E-state index < -0.39 is 10.0 Å². The molecule has 2 fully saturated rings. The van der Waals surface area contributed by atoms with Crippen LogP contribution in [0.25, 0.3) is 0 Å². The Balaban J connectivity index is 1.82. The third kappa shape index (κ3) is 2.65. The second-order valence-corrected chi connectivity index (χ2v) is 8.76. The van der Waals surface area contributed by atoms with Gasteiger partial charge in [0.25, 0.3) is 10.0 Å². The van der Waals surface area contributed by atoms with Gasteiger partial charge in [-0.3, -0.25) is 0 Å². The minimum absolute atomic E-state index is 0.324. The number of ether oxygens (including phenoxy) is 1. The average molecular weight is 316 g/mol. The first-order valence-electron chi connectivity index (χ1n) is 6.88. The topological polar surface area (TPSA) is 49.9 Å². The van der Waals surface area contributed by atoms with Crippen molar-refractivity contribution in [3.63, 3.8) is 0 Å². The largest absolute Gasteiger partial charge is 0.371 e. The Bertz CT molecular complexity index is 554. The normalized spacial score (nSPS) is 29.9. The molecule has 0 N–H and O–H groups in total. The van der Waals surface area contributed by atoms with Crippen LogP contribution in [0.5, 0.6) is 0 Å². The molecule has 1 aromatic heterocycles. The predicted octanol–water partition coefficient (Wildman–Crippen LogP) is 1.23. The highest BCUT2D eigenvalue weighted by molar-refractivity contribution is 7.91. The van der Waals surface area contributed by atoms with Gasteiger partial charge in [0, 0.05) is 19.6 Å². The van der Waals surface area contributed by atoms with Gasteiger partial charge >= 0.3 is 0 Å². The molecule has 0 aliphatic carbocycles. The van der Waals surface area contributed by atoms with Gasteiger partial charge in [-0.15, -0.1) is 11.3 Å². The molecular formula is C13H20N2O3S2. The van der Waals surface area contributed by atoms with Crippen molar-refractivity contribution in [3.8, 4) is 0 Å². The van der Waals surface area contributed by atoms with E-state index in [0.717, 1.165) is 25.9 Å². The third-order valence-corrected chi connectivity index (χ3v) is 7.25. The molecule has 3 heterocycles. The van der Waals surface area contributed by atoms with Crippen LogP contribution in [-0.4, -0.2) is 63.1 Å². The fourth-order valence-corrected chi connectivity index (χ4v) is 5.76. The number of rotatable bonds is 2. The summed E-state index contributed by atoms with van der Waals surface area (Å²) < 4.78 is 33.2. The van der Waals surface area contributed by atoms with Crippen LogP contribution in [0.4, 0.5) is 0 Å². The molecule has 0 aromatic carbocycles. The molecular weight excluding hydrogens is 296 g/mol. The number of piperidine rings is 1. The van der Waals surface area contributed by atoms with E-state index in [1.807, 2.05) is 0 Å². The molecule has 2 aliphatic rings. The van der Waals surface area contributed by atoms with Gasteiger partial charge in [0.15, 0.2) is 0 Å². The smallest absolute Gasteiger partial charge is 0.252 e. The number of likely N-dealkylation sites (tertiary alicyclic amines) is 1. The highest BCUT2D eigenvalue weighted by Crippen LogP contribution is 2.31. The van der Waals surface area contributed by atoms with E-state index in [1.54, 1.807) is 21.8 Å². The molecule has 2 saturated heterocycles. The third-order valence-electron chi connectivity index (χ3n) is 4.03. The number of likely N-dealkylation sites (N-methyl/N-ethyl adjacent to an activating group) is 1. The summed E-state index contributed by atoms with van der Waals surface area (Å²) in [6.07, 6.45) is 2.00. The van der Waals surface area contributed by atoms with E-state index in [1.165, 1.54) is 11.3 Å². The number of sulfonamides is 1. The van der Waals surface area contributed by atoms with Crippen molar-refractivity contribution >= 4 is 21.4 Å². The Morgan fingerprint density at radius 2 is 2.20 bits per heavy atom. The van der Waals surface area contributed by atoms with Crippen LogP contribution in [0.3, 0.4) is 0 Å². The predicted molar refractivity (Wildman–Crippen MR) is 78.5 cm³/mol. The van der Waals surface area contributed by atoms with Crippen molar-refractivity contribution < 1.29 is 13.2 Å². The Kier molecular flexibility index (Phi) is 3.89. The lowest BCUT2D eigenvalue weighted by atomic mass is 9.92. The van der Waals surface area contributed by atoms with Gasteiger partial charge in [0.2, 0.25) is 0 Å². The zero-order valence-corrected chi connectivity index (χ0v) is 13.3. The lowest BCUT2D eigenvalue weighted by Gasteiger charge is -2.46. The van der Waals surface area contributed by atoms with Crippen LogP contribution in [0.2, 0.25) is 0 Å². The molecule has 1 unspecified atom stereocenters. The number of hydrogen-bond acceptors (Lipinski definition) is 5. The summed E-state index contributed by atoms with van der Waals surface area (Å²) in [7, 11) is -1.29. The van der Waals surface area contributed by atoms with Gasteiger partial charge in [-0.05, 0) is 37.9 Å². The van der Waals surface area contributed by atoms with Gasteiger partial charge in [-0.1, -0.05) is 6.07 Å². The van der Waals surface area contributed by atoms with Crippen LogP contribution in [0, 0.1) is 0 Å². The van der Waals surface area contributed by atoms with E-state index in [0.29, 0.717) is 23.9 Å². The fraction of sp³-hybridized carbons (Fsp3) is 0.692. The summed E-state index contributed by atoms with van der Waals surface area (Å²) in [4.78, 5) is 2.23. The molecule has 0 bridgehead atoms. The minimum Gasteiger partial charge on any atom is -0.371 e. The van der Waals surface area contributed by atoms with E-state index in [4.69, 9.17) is 4.74 Å². The van der Waals surface area contributed by atoms with Gasteiger partial charge in [0.1, 0.15) is 4.21 Å². The van der Waals surface area contributed by atoms with Crippen molar-refractivity contribution in [2.75, 3.05) is 39.8 Å². The standard InChI is InChI=1S/C13H20N2O3S2/c1-14-6-3-5-13(10-14)11-15(7-8-18-13)20(16,17)12-4-2-9-19-12/h2,4,9H,3,5-8,10-11H2,1H3. The lowest BCUT2D eigenvalue weighted by Crippen LogP contribution is -2.59. The van der Waals surface area contributed by atoms with E-state index in [9.17, 15) is 8.42 Å². The molecule has 2 aliphatic heterocycles. The Labute approximate surface area is 124 Å². The molecule has 1 spiro atoms. The van der Waals surface area contributed by atoms with Crippen molar-refractivity contribution in [2.45, 2.75) is 22.7 Å². The highest BCUT2D eigenvalue weighted by Gasteiger charge is 2.43. The summed E-state index contributed by atoms with van der Waals surface area (Å²) in [5, 5.41) is 1.80. The van der Waals surface area contributed by atoms with Crippen molar-refractivity contribution in [3.05, 3.63) is 17.5 Å². The van der Waals surface area contributed by atoms with Crippen LogP contribution < -0.4 is 0 Å². The monoisotopic (exact) mass is 316 g/mol. The average Bonchev–Trinajstić information content (AvgIpc) is 2.93. The Morgan fingerprint density at radius 1 is 1.35 bits per heavy atom. The maximum absolute atomic E-state index is 12.6. The van der Waals surface area contributed by atoms with Crippen molar-refractivity contribution in [1.82, 2.24) is 9.21 Å². The van der Waals surface area contributed by atoms with Crippen LogP contribution in [0.1, 0.15) is 12.8 Å². The zero-order chi connectivity index (χ0) is 14.2. The highest BCUT2D eigenvalue weighted by atomic mass is 32.2. The summed E-state index contributed by atoms with van der Waals surface area (Å²) in [5.74, 6) is 0. The number of morpholine rings is 1. The van der Waals surface area contributed by atoms with E-state index in [-0.39, 0.29) is 5.60 Å². The van der Waals surface area contributed by atoms with Gasteiger partial charge in [0.05, 0.1) is 12.2 Å². The van der Waals surface area contributed by atoms with Crippen LogP contribution in [0.15, 0.2) is 21.7 Å². The van der Waals surface area contributed by atoms with Crippen LogP contribution >= 0.6 is 11.3 Å².